The van der Waals surface area contributed by atoms with Crippen molar-refractivity contribution in [1.29, 1.82) is 0 Å². The number of nitrogens with zero attached hydrogens (tertiary/aromatic N) is 1. The van der Waals surface area contributed by atoms with Gasteiger partial charge in [-0.2, -0.15) is 0 Å². The van der Waals surface area contributed by atoms with Gasteiger partial charge in [0.2, 0.25) is 5.91 Å². The molecule has 1 heterocycles. The molecule has 0 aromatic heterocycles. The number of hydrogen-bond donors (Lipinski definition) is 2. The monoisotopic (exact) mass is 272 g/mol. The number of likely N-dealkylation sites (N-methyl/N-ethyl adjacent to an activating group) is 1. The lowest BCUT2D eigenvalue weighted by Gasteiger charge is -2.26. The Morgan fingerprint density at radius 3 is 2.58 bits per heavy atom. The van der Waals surface area contributed by atoms with E-state index in [1.54, 1.807) is 6.92 Å². The van der Waals surface area contributed by atoms with Gasteiger partial charge in [-0.15, -0.1) is 0 Å². The molecule has 0 aliphatic carbocycles. The summed E-state index contributed by atoms with van der Waals surface area (Å²) in [6.45, 7) is 6.28. The second kappa shape index (κ2) is 8.12. The van der Waals surface area contributed by atoms with E-state index < -0.39 is 11.9 Å². The minimum atomic E-state index is -0.830. The zero-order chi connectivity index (χ0) is 14.3. The van der Waals surface area contributed by atoms with Gasteiger partial charge in [0.15, 0.2) is 0 Å². The van der Waals surface area contributed by atoms with E-state index >= 15 is 0 Å². The van der Waals surface area contributed by atoms with Gasteiger partial charge in [0.1, 0.15) is 0 Å². The Balaban J connectivity index is 2.33. The summed E-state index contributed by atoms with van der Waals surface area (Å²) < 4.78 is 5.24. The molecule has 1 rings (SSSR count). The summed E-state index contributed by atoms with van der Waals surface area (Å²) >= 11 is 0. The van der Waals surface area contributed by atoms with Crippen molar-refractivity contribution in [2.75, 3.05) is 32.8 Å². The third kappa shape index (κ3) is 6.02. The van der Waals surface area contributed by atoms with Crippen molar-refractivity contribution >= 4 is 11.9 Å². The third-order valence-electron chi connectivity index (χ3n) is 3.35. The van der Waals surface area contributed by atoms with Crippen LogP contribution in [-0.2, 0) is 14.3 Å². The average Bonchev–Trinajstić information content (AvgIpc) is 2.38. The van der Waals surface area contributed by atoms with E-state index in [0.717, 1.165) is 12.8 Å². The molecule has 2 N–H and O–H groups in total. The van der Waals surface area contributed by atoms with Crippen molar-refractivity contribution in [2.45, 2.75) is 32.7 Å². The highest BCUT2D eigenvalue weighted by atomic mass is 16.5. The number of amides is 1. The standard InChI is InChI=1S/C13H24N2O4/c1-3-15(8-10(2)13(17)18)9-12(16)14-11-4-6-19-7-5-11/h10-11H,3-9H2,1-2H3,(H,14,16)(H,17,18). The molecule has 1 atom stereocenters. The van der Waals surface area contributed by atoms with Gasteiger partial charge in [-0.3, -0.25) is 14.5 Å². The summed E-state index contributed by atoms with van der Waals surface area (Å²) in [6, 6.07) is 0.192. The molecule has 19 heavy (non-hydrogen) atoms. The predicted octanol–water partition coefficient (Wildman–Crippen LogP) is 0.324. The summed E-state index contributed by atoms with van der Waals surface area (Å²) in [7, 11) is 0. The maximum atomic E-state index is 11.9. The molecule has 1 aliphatic rings. The highest BCUT2D eigenvalue weighted by Gasteiger charge is 2.20. The maximum Gasteiger partial charge on any atom is 0.307 e. The fourth-order valence-electron chi connectivity index (χ4n) is 2.09. The molecule has 0 spiro atoms. The van der Waals surface area contributed by atoms with E-state index in [4.69, 9.17) is 9.84 Å². The summed E-state index contributed by atoms with van der Waals surface area (Å²) in [5.74, 6) is -1.33. The largest absolute Gasteiger partial charge is 0.481 e. The molecule has 0 radical (unpaired) electrons. The Bertz CT molecular complexity index is 303. The maximum absolute atomic E-state index is 11.9. The summed E-state index contributed by atoms with van der Waals surface area (Å²) in [6.07, 6.45) is 1.70. The molecule has 1 saturated heterocycles. The van der Waals surface area contributed by atoms with Crippen molar-refractivity contribution in [3.8, 4) is 0 Å². The zero-order valence-corrected chi connectivity index (χ0v) is 11.7. The van der Waals surface area contributed by atoms with Gasteiger partial charge >= 0.3 is 5.97 Å². The van der Waals surface area contributed by atoms with Gasteiger partial charge in [0, 0.05) is 25.8 Å². The number of carbonyl (C=O) groups excluding carboxylic acids is 1. The second-order valence-electron chi connectivity index (χ2n) is 5.02. The topological polar surface area (TPSA) is 78.9 Å². The molecule has 1 amide bonds. The van der Waals surface area contributed by atoms with Gasteiger partial charge in [0.05, 0.1) is 12.5 Å². The number of ether oxygens (including phenoxy) is 1. The van der Waals surface area contributed by atoms with E-state index in [0.29, 0.717) is 26.3 Å². The molecular weight excluding hydrogens is 248 g/mol. The van der Waals surface area contributed by atoms with Crippen LogP contribution in [0.2, 0.25) is 0 Å². The molecule has 1 fully saturated rings. The van der Waals surface area contributed by atoms with Crippen LogP contribution in [0.4, 0.5) is 0 Å². The summed E-state index contributed by atoms with van der Waals surface area (Å²) in [4.78, 5) is 24.6. The fraction of sp³-hybridized carbons (Fsp3) is 0.846. The van der Waals surface area contributed by atoms with E-state index in [9.17, 15) is 9.59 Å². The van der Waals surface area contributed by atoms with Gasteiger partial charge in [0.25, 0.3) is 0 Å². The fourth-order valence-corrected chi connectivity index (χ4v) is 2.09. The number of carboxylic acids is 1. The molecular formula is C13H24N2O4. The molecule has 1 aliphatic heterocycles. The highest BCUT2D eigenvalue weighted by Crippen LogP contribution is 2.06. The summed E-state index contributed by atoms with van der Waals surface area (Å²) in [5, 5.41) is 11.9. The van der Waals surface area contributed by atoms with Crippen LogP contribution in [0.3, 0.4) is 0 Å². The van der Waals surface area contributed by atoms with Crippen LogP contribution >= 0.6 is 0 Å². The number of carbonyl (C=O) groups is 2. The minimum absolute atomic E-state index is 0.0358. The van der Waals surface area contributed by atoms with E-state index in [2.05, 4.69) is 5.32 Å². The summed E-state index contributed by atoms with van der Waals surface area (Å²) in [5.41, 5.74) is 0. The first-order valence-electron chi connectivity index (χ1n) is 6.85. The number of carboxylic acid groups (broad SMARTS) is 1. The number of aliphatic carboxylic acids is 1. The predicted molar refractivity (Wildman–Crippen MR) is 70.9 cm³/mol. The number of rotatable bonds is 7. The van der Waals surface area contributed by atoms with E-state index in [1.165, 1.54) is 0 Å². The van der Waals surface area contributed by atoms with Crippen molar-refractivity contribution in [3.05, 3.63) is 0 Å². The third-order valence-corrected chi connectivity index (χ3v) is 3.35. The molecule has 6 heteroatoms. The SMILES string of the molecule is CCN(CC(=O)NC1CCOCC1)CC(C)C(=O)O. The second-order valence-corrected chi connectivity index (χ2v) is 5.02. The molecule has 0 saturated carbocycles. The van der Waals surface area contributed by atoms with Crippen LogP contribution in [0.5, 0.6) is 0 Å². The van der Waals surface area contributed by atoms with Crippen LogP contribution in [0.15, 0.2) is 0 Å². The average molecular weight is 272 g/mol. The van der Waals surface area contributed by atoms with Crippen molar-refractivity contribution in [3.63, 3.8) is 0 Å². The Morgan fingerprint density at radius 2 is 2.05 bits per heavy atom. The Labute approximate surface area is 114 Å². The Hall–Kier alpha value is -1.14. The van der Waals surface area contributed by atoms with Gasteiger partial charge in [-0.1, -0.05) is 13.8 Å². The molecule has 1 unspecified atom stereocenters. The van der Waals surface area contributed by atoms with E-state index in [1.807, 2.05) is 11.8 Å². The lowest BCUT2D eigenvalue weighted by Crippen LogP contribution is -2.45. The van der Waals surface area contributed by atoms with Gasteiger partial charge in [-0.05, 0) is 19.4 Å². The van der Waals surface area contributed by atoms with Crippen molar-refractivity contribution in [1.82, 2.24) is 10.2 Å². The Kier molecular flexibility index (Phi) is 6.80. The van der Waals surface area contributed by atoms with Crippen LogP contribution in [0.1, 0.15) is 26.7 Å². The minimum Gasteiger partial charge on any atom is -0.481 e. The van der Waals surface area contributed by atoms with E-state index in [-0.39, 0.29) is 18.5 Å². The smallest absolute Gasteiger partial charge is 0.307 e. The van der Waals surface area contributed by atoms with Crippen LogP contribution in [0, 0.1) is 5.92 Å². The molecule has 0 aromatic carbocycles. The highest BCUT2D eigenvalue weighted by molar-refractivity contribution is 5.78. The first kappa shape index (κ1) is 15.9. The normalized spacial score (nSPS) is 18.3. The van der Waals surface area contributed by atoms with Crippen LogP contribution in [0.25, 0.3) is 0 Å². The first-order valence-corrected chi connectivity index (χ1v) is 6.85. The quantitative estimate of drug-likeness (QED) is 0.698. The molecule has 0 aromatic rings. The number of nitrogens with one attached hydrogen (secondary N) is 1. The van der Waals surface area contributed by atoms with Crippen molar-refractivity contribution < 1.29 is 19.4 Å². The van der Waals surface area contributed by atoms with Crippen LogP contribution in [-0.4, -0.2) is 60.8 Å². The first-order chi connectivity index (χ1) is 9.02. The lowest BCUT2D eigenvalue weighted by molar-refractivity contribution is -0.142. The Morgan fingerprint density at radius 1 is 1.42 bits per heavy atom. The van der Waals surface area contributed by atoms with Crippen LogP contribution < -0.4 is 5.32 Å². The van der Waals surface area contributed by atoms with Crippen molar-refractivity contribution in [2.24, 2.45) is 5.92 Å². The molecule has 110 valence electrons. The molecule has 6 nitrogen and oxygen atoms in total. The molecule has 0 bridgehead atoms. The van der Waals surface area contributed by atoms with Gasteiger partial charge in [-0.25, -0.2) is 0 Å². The number of hydrogen-bond acceptors (Lipinski definition) is 4. The van der Waals surface area contributed by atoms with Gasteiger partial charge < -0.3 is 15.2 Å². The zero-order valence-electron chi connectivity index (χ0n) is 11.7. The lowest BCUT2D eigenvalue weighted by atomic mass is 10.1.